The van der Waals surface area contributed by atoms with Crippen molar-refractivity contribution in [3.05, 3.63) is 66.0 Å². The SMILES string of the molecule is C=CC(=O)N1CCCC(NC(=O)c2sc3nccc4c3c2NC(=O)N4c2cnc(Oc3cccnn3)cc2C)C1. The Kier molecular flexibility index (Phi) is 6.56. The quantitative estimate of drug-likeness (QED) is 0.337. The molecule has 0 bridgehead atoms. The molecule has 6 heterocycles. The van der Waals surface area contributed by atoms with Gasteiger partial charge in [0.15, 0.2) is 0 Å². The number of urea groups is 1. The fourth-order valence-electron chi connectivity index (χ4n) is 4.92. The van der Waals surface area contributed by atoms with Crippen LogP contribution in [0.25, 0.3) is 10.2 Å². The maximum Gasteiger partial charge on any atom is 0.331 e. The van der Waals surface area contributed by atoms with Crippen LogP contribution < -0.4 is 20.3 Å². The van der Waals surface area contributed by atoms with Gasteiger partial charge in [0.1, 0.15) is 9.71 Å². The summed E-state index contributed by atoms with van der Waals surface area (Å²) >= 11 is 1.21. The molecular formula is C27H24N8O4S. The predicted molar refractivity (Wildman–Crippen MR) is 149 cm³/mol. The third kappa shape index (κ3) is 4.60. The standard InChI is InChI=1S/C27H24N8O4S/c1-3-21(36)34-11-5-6-16(14-34)31-25(37)24-23-22-17(8-10-28-26(22)40-24)35(27(38)32-23)18-13-29-20(12-15(18)2)39-19-7-4-9-30-33-19/h3-4,7-10,12-13,16H,1,5-6,11,14H2,2H3,(H,31,37)(H,32,38). The van der Waals surface area contributed by atoms with E-state index in [4.69, 9.17) is 4.74 Å². The molecule has 2 N–H and O–H groups in total. The van der Waals surface area contributed by atoms with E-state index in [9.17, 15) is 14.4 Å². The van der Waals surface area contributed by atoms with Crippen molar-refractivity contribution < 1.29 is 19.1 Å². The Balaban J connectivity index is 1.29. The second-order valence-corrected chi connectivity index (χ2v) is 10.4. The lowest BCUT2D eigenvalue weighted by molar-refractivity contribution is -0.127. The molecule has 1 fully saturated rings. The number of hydrogen-bond acceptors (Lipinski definition) is 9. The Morgan fingerprint density at radius 2 is 2.10 bits per heavy atom. The van der Waals surface area contributed by atoms with Gasteiger partial charge in [-0.1, -0.05) is 6.58 Å². The highest BCUT2D eigenvalue weighted by Crippen LogP contribution is 2.46. The molecule has 0 aromatic carbocycles. The van der Waals surface area contributed by atoms with E-state index in [1.165, 1.54) is 22.3 Å². The van der Waals surface area contributed by atoms with Crippen LogP contribution in [0.5, 0.6) is 11.8 Å². The highest BCUT2D eigenvalue weighted by Gasteiger charge is 2.34. The first-order chi connectivity index (χ1) is 19.4. The zero-order chi connectivity index (χ0) is 27.8. The minimum Gasteiger partial charge on any atom is -0.419 e. The summed E-state index contributed by atoms with van der Waals surface area (Å²) in [6.45, 7) is 6.43. The van der Waals surface area contributed by atoms with Gasteiger partial charge in [0.25, 0.3) is 5.91 Å². The lowest BCUT2D eigenvalue weighted by Gasteiger charge is -2.32. The average molecular weight is 557 g/mol. The highest BCUT2D eigenvalue weighted by molar-refractivity contribution is 7.21. The molecule has 12 nitrogen and oxygen atoms in total. The molecule has 4 amide bonds. The fourth-order valence-corrected chi connectivity index (χ4v) is 5.94. The van der Waals surface area contributed by atoms with Crippen LogP contribution in [0.4, 0.5) is 21.9 Å². The number of aryl methyl sites for hydroxylation is 1. The zero-order valence-corrected chi connectivity index (χ0v) is 22.3. The molecule has 6 rings (SSSR count). The zero-order valence-electron chi connectivity index (χ0n) is 21.5. The summed E-state index contributed by atoms with van der Waals surface area (Å²) in [4.78, 5) is 51.9. The summed E-state index contributed by atoms with van der Waals surface area (Å²) in [5.41, 5.74) is 2.30. The van der Waals surface area contributed by atoms with Crippen LogP contribution in [0.1, 0.15) is 28.1 Å². The number of thiophene rings is 1. The van der Waals surface area contributed by atoms with Gasteiger partial charge in [-0.2, -0.15) is 5.10 Å². The van der Waals surface area contributed by atoms with Gasteiger partial charge in [0.2, 0.25) is 17.7 Å². The number of nitrogens with zero attached hydrogens (tertiary/aromatic N) is 6. The topological polar surface area (TPSA) is 143 Å². The number of aromatic nitrogens is 4. The minimum atomic E-state index is -0.430. The van der Waals surface area contributed by atoms with Gasteiger partial charge in [-0.25, -0.2) is 14.8 Å². The summed E-state index contributed by atoms with van der Waals surface area (Å²) in [5.74, 6) is 0.134. The van der Waals surface area contributed by atoms with Crippen LogP contribution in [0.3, 0.4) is 0 Å². The van der Waals surface area contributed by atoms with Crippen molar-refractivity contribution in [1.29, 1.82) is 0 Å². The third-order valence-electron chi connectivity index (χ3n) is 6.75. The number of hydrogen-bond donors (Lipinski definition) is 2. The first-order valence-electron chi connectivity index (χ1n) is 12.6. The van der Waals surface area contributed by atoms with Gasteiger partial charge in [-0.05, 0) is 43.5 Å². The van der Waals surface area contributed by atoms with Crippen molar-refractivity contribution in [2.45, 2.75) is 25.8 Å². The van der Waals surface area contributed by atoms with Crippen molar-refractivity contribution in [1.82, 2.24) is 30.4 Å². The maximum absolute atomic E-state index is 13.5. The largest absolute Gasteiger partial charge is 0.419 e. The van der Waals surface area contributed by atoms with Crippen molar-refractivity contribution >= 4 is 56.5 Å². The molecule has 1 unspecified atom stereocenters. The van der Waals surface area contributed by atoms with Gasteiger partial charge in [0.05, 0.1) is 28.6 Å². The van der Waals surface area contributed by atoms with Gasteiger partial charge in [0, 0.05) is 43.7 Å². The first-order valence-corrected chi connectivity index (χ1v) is 13.4. The van der Waals surface area contributed by atoms with Gasteiger partial charge >= 0.3 is 6.03 Å². The molecule has 202 valence electrons. The smallest absolute Gasteiger partial charge is 0.331 e. The molecular weight excluding hydrogens is 532 g/mol. The Hall–Kier alpha value is -4.91. The fraction of sp³-hybridized carbons (Fsp3) is 0.222. The lowest BCUT2D eigenvalue weighted by atomic mass is 10.1. The number of rotatable bonds is 6. The van der Waals surface area contributed by atoms with E-state index < -0.39 is 6.03 Å². The third-order valence-corrected chi connectivity index (χ3v) is 7.85. The molecule has 2 aliphatic rings. The molecule has 4 aromatic rings. The molecule has 0 radical (unpaired) electrons. The summed E-state index contributed by atoms with van der Waals surface area (Å²) in [6.07, 6.45) is 7.51. The second kappa shape index (κ2) is 10.3. The number of ether oxygens (including phenoxy) is 1. The van der Waals surface area contributed by atoms with Crippen LogP contribution in [-0.4, -0.2) is 62.0 Å². The molecule has 0 aliphatic carbocycles. The Bertz CT molecular complexity index is 1660. The maximum atomic E-state index is 13.5. The summed E-state index contributed by atoms with van der Waals surface area (Å²) in [5, 5.41) is 14.3. The summed E-state index contributed by atoms with van der Waals surface area (Å²) < 4.78 is 5.68. The number of piperidine rings is 1. The number of likely N-dealkylation sites (tertiary alicyclic amines) is 1. The van der Waals surface area contributed by atoms with Gasteiger partial charge in [-0.3, -0.25) is 14.5 Å². The Morgan fingerprint density at radius 1 is 1.23 bits per heavy atom. The van der Waals surface area contributed by atoms with E-state index in [2.05, 4.69) is 37.4 Å². The molecule has 1 saturated heterocycles. The molecule has 1 atom stereocenters. The van der Waals surface area contributed by atoms with Crippen LogP contribution in [-0.2, 0) is 4.79 Å². The number of nitrogens with one attached hydrogen (secondary N) is 2. The van der Waals surface area contributed by atoms with E-state index in [0.29, 0.717) is 57.0 Å². The van der Waals surface area contributed by atoms with E-state index >= 15 is 0 Å². The number of carbonyl (C=O) groups is 3. The summed E-state index contributed by atoms with van der Waals surface area (Å²) in [7, 11) is 0. The van der Waals surface area contributed by atoms with Crippen LogP contribution in [0.2, 0.25) is 0 Å². The lowest BCUT2D eigenvalue weighted by Crippen LogP contribution is -2.49. The number of carbonyl (C=O) groups excluding carboxylic acids is 3. The minimum absolute atomic E-state index is 0.157. The van der Waals surface area contributed by atoms with Gasteiger partial charge < -0.3 is 20.3 Å². The van der Waals surface area contributed by atoms with E-state index in [0.717, 1.165) is 18.4 Å². The average Bonchev–Trinajstić information content (AvgIpc) is 3.33. The molecule has 0 spiro atoms. The molecule has 2 aliphatic heterocycles. The number of anilines is 3. The van der Waals surface area contributed by atoms with E-state index in [-0.39, 0.29) is 17.9 Å². The highest BCUT2D eigenvalue weighted by atomic mass is 32.1. The molecule has 4 aromatic heterocycles. The van der Waals surface area contributed by atoms with E-state index in [1.807, 2.05) is 6.92 Å². The normalized spacial score (nSPS) is 16.4. The number of amides is 4. The first kappa shape index (κ1) is 25.4. The second-order valence-electron chi connectivity index (χ2n) is 9.36. The van der Waals surface area contributed by atoms with Crippen molar-refractivity contribution in [2.24, 2.45) is 0 Å². The van der Waals surface area contributed by atoms with Crippen molar-refractivity contribution in [3.63, 3.8) is 0 Å². The monoisotopic (exact) mass is 556 g/mol. The summed E-state index contributed by atoms with van der Waals surface area (Å²) in [6, 6.07) is 6.18. The Morgan fingerprint density at radius 3 is 2.88 bits per heavy atom. The molecule has 0 saturated carbocycles. The van der Waals surface area contributed by atoms with Crippen LogP contribution in [0.15, 0.2) is 55.5 Å². The number of pyridine rings is 2. The molecule has 13 heteroatoms. The van der Waals surface area contributed by atoms with Crippen LogP contribution in [0, 0.1) is 6.92 Å². The van der Waals surface area contributed by atoms with Crippen LogP contribution >= 0.6 is 11.3 Å². The van der Waals surface area contributed by atoms with Crippen molar-refractivity contribution in [2.75, 3.05) is 23.3 Å². The van der Waals surface area contributed by atoms with E-state index in [1.54, 1.807) is 47.8 Å². The van der Waals surface area contributed by atoms with Gasteiger partial charge in [-0.15, -0.1) is 16.4 Å². The van der Waals surface area contributed by atoms with Crippen molar-refractivity contribution in [3.8, 4) is 11.8 Å². The molecule has 40 heavy (non-hydrogen) atoms. The predicted octanol–water partition coefficient (Wildman–Crippen LogP) is 4.17. The Labute approximate surface area is 232 Å².